The molecule has 0 bridgehead atoms. The number of aromatic nitrogens is 1. The maximum absolute atomic E-state index is 15.2. The monoisotopic (exact) mass is 526 g/mol. The lowest BCUT2D eigenvalue weighted by Crippen LogP contribution is -2.44. The largest absolute Gasteiger partial charge is 0.395 e. The molecule has 0 radical (unpaired) electrons. The van der Waals surface area contributed by atoms with E-state index in [1.165, 1.54) is 18.2 Å². The second-order valence-corrected chi connectivity index (χ2v) is 9.90. The standard InChI is InChI=1S/C26H31FN6O3S/c1-15(2)13-14-30-25(35)22(16-9-11-17(12-10-16)32(3)4)33(19-8-6-5-7-18(19)27)26(36)23-20(28)21(24(29)34)31-37-23/h5-12,15,22H,13-14,28H2,1-4H3,(H2,29,34)(H,30,35)/t22-/m0/s1. The molecule has 1 heterocycles. The summed E-state index contributed by atoms with van der Waals surface area (Å²) in [6.45, 7) is 4.43. The third-order valence-corrected chi connectivity index (χ3v) is 6.59. The van der Waals surface area contributed by atoms with E-state index in [0.717, 1.165) is 17.0 Å². The highest BCUT2D eigenvalue weighted by atomic mass is 32.1. The predicted molar refractivity (Wildman–Crippen MR) is 144 cm³/mol. The van der Waals surface area contributed by atoms with Crippen molar-refractivity contribution >= 4 is 46.3 Å². The minimum Gasteiger partial charge on any atom is -0.395 e. The van der Waals surface area contributed by atoms with Crippen molar-refractivity contribution in [2.24, 2.45) is 11.7 Å². The quantitative estimate of drug-likeness (QED) is 0.370. The van der Waals surface area contributed by atoms with Crippen LogP contribution < -0.4 is 26.6 Å². The molecule has 0 aliphatic rings. The smallest absolute Gasteiger partial charge is 0.273 e. The molecular weight excluding hydrogens is 495 g/mol. The normalized spacial score (nSPS) is 11.7. The average Bonchev–Trinajstić information content (AvgIpc) is 3.24. The summed E-state index contributed by atoms with van der Waals surface area (Å²) >= 11 is 0.666. The van der Waals surface area contributed by atoms with Gasteiger partial charge in [-0.25, -0.2) is 4.39 Å². The first-order chi connectivity index (χ1) is 17.5. The van der Waals surface area contributed by atoms with Gasteiger partial charge in [-0.15, -0.1) is 0 Å². The first-order valence-corrected chi connectivity index (χ1v) is 12.5. The molecule has 196 valence electrons. The minimum absolute atomic E-state index is 0.123. The summed E-state index contributed by atoms with van der Waals surface area (Å²) < 4.78 is 19.1. The molecule has 37 heavy (non-hydrogen) atoms. The molecule has 1 aromatic heterocycles. The summed E-state index contributed by atoms with van der Waals surface area (Å²) in [6.07, 6.45) is 0.718. The summed E-state index contributed by atoms with van der Waals surface area (Å²) in [6, 6.07) is 11.4. The Bertz CT molecular complexity index is 1280. The fourth-order valence-electron chi connectivity index (χ4n) is 3.70. The average molecular weight is 527 g/mol. The maximum atomic E-state index is 15.2. The van der Waals surface area contributed by atoms with Gasteiger partial charge in [-0.05, 0) is 53.7 Å². The van der Waals surface area contributed by atoms with E-state index in [4.69, 9.17) is 11.5 Å². The molecule has 0 unspecified atom stereocenters. The van der Waals surface area contributed by atoms with Crippen LogP contribution in [0.15, 0.2) is 48.5 Å². The Labute approximate surface area is 219 Å². The van der Waals surface area contributed by atoms with Crippen molar-refractivity contribution < 1.29 is 18.8 Å². The van der Waals surface area contributed by atoms with Crippen LogP contribution in [-0.4, -0.2) is 42.7 Å². The number of halogens is 1. The molecule has 5 N–H and O–H groups in total. The molecule has 11 heteroatoms. The Morgan fingerprint density at radius 1 is 1.08 bits per heavy atom. The van der Waals surface area contributed by atoms with Crippen LogP contribution >= 0.6 is 11.5 Å². The van der Waals surface area contributed by atoms with Gasteiger partial charge in [-0.1, -0.05) is 38.1 Å². The molecule has 0 aliphatic carbocycles. The number of anilines is 3. The molecule has 3 amide bonds. The molecule has 0 aliphatic heterocycles. The number of hydrogen-bond acceptors (Lipinski definition) is 7. The first-order valence-electron chi connectivity index (χ1n) is 11.7. The summed E-state index contributed by atoms with van der Waals surface area (Å²) in [5.41, 5.74) is 12.1. The number of nitrogens with two attached hydrogens (primary N) is 2. The van der Waals surface area contributed by atoms with Gasteiger partial charge >= 0.3 is 0 Å². The summed E-state index contributed by atoms with van der Waals surface area (Å²) in [5.74, 6) is -2.54. The number of carbonyl (C=O) groups excluding carboxylic acids is 3. The van der Waals surface area contributed by atoms with Gasteiger partial charge in [0, 0.05) is 26.3 Å². The molecule has 2 aromatic carbocycles. The first kappa shape index (κ1) is 27.6. The van der Waals surface area contributed by atoms with Crippen molar-refractivity contribution in [3.8, 4) is 0 Å². The molecule has 0 saturated heterocycles. The summed E-state index contributed by atoms with van der Waals surface area (Å²) in [4.78, 5) is 42.1. The maximum Gasteiger partial charge on any atom is 0.273 e. The highest BCUT2D eigenvalue weighted by Crippen LogP contribution is 2.35. The molecule has 3 rings (SSSR count). The zero-order valence-corrected chi connectivity index (χ0v) is 22.0. The Morgan fingerprint density at radius 2 is 1.73 bits per heavy atom. The number of benzene rings is 2. The van der Waals surface area contributed by atoms with E-state index in [-0.39, 0.29) is 21.9 Å². The number of primary amides is 1. The van der Waals surface area contributed by atoms with Crippen molar-refractivity contribution in [1.82, 2.24) is 9.69 Å². The van der Waals surface area contributed by atoms with E-state index < -0.39 is 29.6 Å². The fraction of sp³-hybridized carbons (Fsp3) is 0.308. The van der Waals surface area contributed by atoms with Gasteiger partial charge in [-0.3, -0.25) is 19.3 Å². The van der Waals surface area contributed by atoms with Crippen molar-refractivity contribution in [3.63, 3.8) is 0 Å². The van der Waals surface area contributed by atoms with E-state index in [1.54, 1.807) is 30.3 Å². The molecule has 0 spiro atoms. The number of amides is 3. The number of nitrogens with zero attached hydrogens (tertiary/aromatic N) is 3. The second-order valence-electron chi connectivity index (χ2n) is 9.13. The number of rotatable bonds is 10. The molecular formula is C26H31FN6O3S. The van der Waals surface area contributed by atoms with Crippen molar-refractivity contribution in [3.05, 3.63) is 70.5 Å². The van der Waals surface area contributed by atoms with Crippen LogP contribution in [0.3, 0.4) is 0 Å². The Balaban J connectivity index is 2.18. The van der Waals surface area contributed by atoms with E-state index in [0.29, 0.717) is 29.6 Å². The lowest BCUT2D eigenvalue weighted by atomic mass is 10.0. The van der Waals surface area contributed by atoms with E-state index in [1.807, 2.05) is 32.8 Å². The minimum atomic E-state index is -1.24. The van der Waals surface area contributed by atoms with Crippen LogP contribution in [0.2, 0.25) is 0 Å². The summed E-state index contributed by atoms with van der Waals surface area (Å²) in [7, 11) is 3.76. The van der Waals surface area contributed by atoms with Crippen molar-refractivity contribution in [1.29, 1.82) is 0 Å². The van der Waals surface area contributed by atoms with E-state index in [2.05, 4.69) is 9.69 Å². The van der Waals surface area contributed by atoms with Gasteiger partial charge in [0.25, 0.3) is 11.8 Å². The number of hydrogen-bond donors (Lipinski definition) is 3. The lowest BCUT2D eigenvalue weighted by molar-refractivity contribution is -0.122. The predicted octanol–water partition coefficient (Wildman–Crippen LogP) is 3.58. The van der Waals surface area contributed by atoms with Gasteiger partial charge in [0.15, 0.2) is 5.69 Å². The van der Waals surface area contributed by atoms with Gasteiger partial charge in [0.1, 0.15) is 16.7 Å². The third-order valence-electron chi connectivity index (χ3n) is 5.74. The van der Waals surface area contributed by atoms with Crippen LogP contribution in [0.25, 0.3) is 0 Å². The van der Waals surface area contributed by atoms with Crippen LogP contribution in [-0.2, 0) is 4.79 Å². The number of carbonyl (C=O) groups is 3. The highest BCUT2D eigenvalue weighted by molar-refractivity contribution is 7.09. The number of nitrogens with one attached hydrogen (secondary N) is 1. The van der Waals surface area contributed by atoms with Crippen molar-refractivity contribution in [2.75, 3.05) is 36.2 Å². The Hall–Kier alpha value is -3.99. The number of para-hydroxylation sites is 1. The fourth-order valence-corrected chi connectivity index (χ4v) is 4.45. The molecule has 0 fully saturated rings. The highest BCUT2D eigenvalue weighted by Gasteiger charge is 2.37. The van der Waals surface area contributed by atoms with Crippen LogP contribution in [0, 0.1) is 11.7 Å². The lowest BCUT2D eigenvalue weighted by Gasteiger charge is -2.31. The van der Waals surface area contributed by atoms with Crippen LogP contribution in [0.5, 0.6) is 0 Å². The number of nitrogen functional groups attached to an aromatic ring is 1. The van der Waals surface area contributed by atoms with Gasteiger partial charge in [0.05, 0.1) is 11.4 Å². The zero-order chi connectivity index (χ0) is 27.3. The SMILES string of the molecule is CC(C)CCNC(=O)[C@H](c1ccc(N(C)C)cc1)N(C(=O)c1snc(C(N)=O)c1N)c1ccccc1F. The van der Waals surface area contributed by atoms with E-state index >= 15 is 4.39 Å². The Morgan fingerprint density at radius 3 is 2.27 bits per heavy atom. The summed E-state index contributed by atoms with van der Waals surface area (Å²) in [5, 5.41) is 2.88. The molecule has 0 saturated carbocycles. The third kappa shape index (κ3) is 6.23. The zero-order valence-electron chi connectivity index (χ0n) is 21.2. The van der Waals surface area contributed by atoms with Gasteiger partial charge < -0.3 is 21.7 Å². The molecule has 3 aromatic rings. The van der Waals surface area contributed by atoms with Crippen molar-refractivity contribution in [2.45, 2.75) is 26.3 Å². The van der Waals surface area contributed by atoms with Crippen LogP contribution in [0.1, 0.15) is 52.0 Å². The Kier molecular flexibility index (Phi) is 8.82. The van der Waals surface area contributed by atoms with E-state index in [9.17, 15) is 14.4 Å². The van der Waals surface area contributed by atoms with Crippen LogP contribution in [0.4, 0.5) is 21.5 Å². The molecule has 1 atom stereocenters. The van der Waals surface area contributed by atoms with Gasteiger partial charge in [0.2, 0.25) is 5.91 Å². The van der Waals surface area contributed by atoms with Gasteiger partial charge in [-0.2, -0.15) is 4.37 Å². The molecule has 9 nitrogen and oxygen atoms in total. The second kappa shape index (κ2) is 11.8. The topological polar surface area (TPSA) is 135 Å².